The molecule has 20 heavy (non-hydrogen) atoms. The standard InChI is InChI=1S/C18H22ClN/c1-3-11-20-18(13-15-7-5-4-6-8-15)16-9-10-17(19)14(2)12-16/h4-10,12,18,20H,3,11,13H2,1-2H3. The Morgan fingerprint density at radius 2 is 1.85 bits per heavy atom. The van der Waals surface area contributed by atoms with Gasteiger partial charge in [-0.2, -0.15) is 0 Å². The normalized spacial score (nSPS) is 12.3. The lowest BCUT2D eigenvalue weighted by atomic mass is 9.97. The molecule has 106 valence electrons. The molecule has 0 spiro atoms. The fraction of sp³-hybridized carbons (Fsp3) is 0.333. The molecule has 2 heteroatoms. The van der Waals surface area contributed by atoms with Crippen molar-refractivity contribution in [1.29, 1.82) is 0 Å². The highest BCUT2D eigenvalue weighted by atomic mass is 35.5. The number of nitrogens with one attached hydrogen (secondary N) is 1. The van der Waals surface area contributed by atoms with Crippen molar-refractivity contribution in [2.24, 2.45) is 0 Å². The molecule has 0 aliphatic heterocycles. The molecule has 1 N–H and O–H groups in total. The van der Waals surface area contributed by atoms with Gasteiger partial charge in [-0.25, -0.2) is 0 Å². The van der Waals surface area contributed by atoms with Gasteiger partial charge < -0.3 is 5.32 Å². The lowest BCUT2D eigenvalue weighted by molar-refractivity contribution is 0.529. The first-order chi connectivity index (χ1) is 9.70. The van der Waals surface area contributed by atoms with E-state index in [1.165, 1.54) is 11.1 Å². The summed E-state index contributed by atoms with van der Waals surface area (Å²) in [6.45, 7) is 5.28. The molecule has 2 aromatic rings. The predicted octanol–water partition coefficient (Wildman–Crippen LogP) is 4.93. The van der Waals surface area contributed by atoms with Crippen LogP contribution in [0.1, 0.15) is 36.1 Å². The monoisotopic (exact) mass is 287 g/mol. The molecule has 0 saturated heterocycles. The SMILES string of the molecule is CCCNC(Cc1ccccc1)c1ccc(Cl)c(C)c1. The first kappa shape index (κ1) is 15.1. The number of hydrogen-bond acceptors (Lipinski definition) is 1. The highest BCUT2D eigenvalue weighted by Gasteiger charge is 2.12. The van der Waals surface area contributed by atoms with Crippen LogP contribution in [-0.2, 0) is 6.42 Å². The van der Waals surface area contributed by atoms with Gasteiger partial charge in [0.25, 0.3) is 0 Å². The fourth-order valence-corrected chi connectivity index (χ4v) is 2.48. The summed E-state index contributed by atoms with van der Waals surface area (Å²) in [6, 6.07) is 17.3. The van der Waals surface area contributed by atoms with Crippen LogP contribution in [0.3, 0.4) is 0 Å². The van der Waals surface area contributed by atoms with Crippen LogP contribution >= 0.6 is 11.6 Å². The van der Waals surface area contributed by atoms with Crippen molar-refractivity contribution < 1.29 is 0 Å². The molecular weight excluding hydrogens is 266 g/mol. The topological polar surface area (TPSA) is 12.0 Å². The van der Waals surface area contributed by atoms with Gasteiger partial charge in [-0.15, -0.1) is 0 Å². The third-order valence-corrected chi connectivity index (χ3v) is 3.93. The third kappa shape index (κ3) is 4.09. The Morgan fingerprint density at radius 3 is 2.50 bits per heavy atom. The van der Waals surface area contributed by atoms with E-state index >= 15 is 0 Å². The second-order valence-corrected chi connectivity index (χ2v) is 5.61. The van der Waals surface area contributed by atoms with Crippen LogP contribution in [0.2, 0.25) is 5.02 Å². The number of aryl methyl sites for hydroxylation is 1. The molecule has 0 aliphatic rings. The molecule has 2 aromatic carbocycles. The second-order valence-electron chi connectivity index (χ2n) is 5.21. The maximum Gasteiger partial charge on any atom is 0.0435 e. The summed E-state index contributed by atoms with van der Waals surface area (Å²) in [7, 11) is 0. The molecule has 0 saturated carbocycles. The summed E-state index contributed by atoms with van der Waals surface area (Å²) in [4.78, 5) is 0. The van der Waals surface area contributed by atoms with E-state index in [9.17, 15) is 0 Å². The zero-order chi connectivity index (χ0) is 14.4. The average molecular weight is 288 g/mol. The van der Waals surface area contributed by atoms with Crippen LogP contribution in [0.25, 0.3) is 0 Å². The lowest BCUT2D eigenvalue weighted by Crippen LogP contribution is -2.24. The average Bonchev–Trinajstić information content (AvgIpc) is 2.47. The van der Waals surface area contributed by atoms with Gasteiger partial charge in [0.15, 0.2) is 0 Å². The van der Waals surface area contributed by atoms with Gasteiger partial charge >= 0.3 is 0 Å². The van der Waals surface area contributed by atoms with E-state index in [1.807, 2.05) is 6.07 Å². The quantitative estimate of drug-likeness (QED) is 0.794. The molecule has 1 unspecified atom stereocenters. The summed E-state index contributed by atoms with van der Waals surface area (Å²) in [5, 5.41) is 4.47. The van der Waals surface area contributed by atoms with E-state index in [2.05, 4.69) is 61.6 Å². The summed E-state index contributed by atoms with van der Waals surface area (Å²) in [5.41, 5.74) is 3.80. The van der Waals surface area contributed by atoms with E-state index in [-0.39, 0.29) is 0 Å². The van der Waals surface area contributed by atoms with Crippen LogP contribution in [0.4, 0.5) is 0 Å². The van der Waals surface area contributed by atoms with E-state index in [0.717, 1.165) is 30.0 Å². The molecule has 2 rings (SSSR count). The Bertz CT molecular complexity index is 536. The van der Waals surface area contributed by atoms with Crippen molar-refractivity contribution in [3.05, 3.63) is 70.2 Å². The van der Waals surface area contributed by atoms with Gasteiger partial charge in [-0.1, -0.05) is 61.0 Å². The Morgan fingerprint density at radius 1 is 1.10 bits per heavy atom. The van der Waals surface area contributed by atoms with Crippen molar-refractivity contribution >= 4 is 11.6 Å². The molecule has 0 aliphatic carbocycles. The van der Waals surface area contributed by atoms with Gasteiger partial charge in [0.1, 0.15) is 0 Å². The van der Waals surface area contributed by atoms with Crippen LogP contribution in [0.15, 0.2) is 48.5 Å². The van der Waals surface area contributed by atoms with Crippen molar-refractivity contribution in [3.8, 4) is 0 Å². The molecule has 1 atom stereocenters. The molecule has 0 amide bonds. The molecule has 1 nitrogen and oxygen atoms in total. The smallest absolute Gasteiger partial charge is 0.0435 e. The minimum Gasteiger partial charge on any atom is -0.310 e. The maximum absolute atomic E-state index is 6.13. The fourth-order valence-electron chi connectivity index (χ4n) is 2.36. The highest BCUT2D eigenvalue weighted by Crippen LogP contribution is 2.23. The number of hydrogen-bond donors (Lipinski definition) is 1. The molecular formula is C18H22ClN. The Labute approximate surface area is 127 Å². The van der Waals surface area contributed by atoms with Crippen LogP contribution in [0.5, 0.6) is 0 Å². The summed E-state index contributed by atoms with van der Waals surface area (Å²) in [6.07, 6.45) is 2.14. The van der Waals surface area contributed by atoms with E-state index in [1.54, 1.807) is 0 Å². The van der Waals surface area contributed by atoms with Gasteiger partial charge in [-0.3, -0.25) is 0 Å². The van der Waals surface area contributed by atoms with Crippen molar-refractivity contribution in [2.45, 2.75) is 32.7 Å². The Kier molecular flexibility index (Phi) is 5.63. The molecule has 0 bridgehead atoms. The summed E-state index contributed by atoms with van der Waals surface area (Å²) in [5.74, 6) is 0. The Hall–Kier alpha value is -1.31. The van der Waals surface area contributed by atoms with E-state index < -0.39 is 0 Å². The van der Waals surface area contributed by atoms with Gasteiger partial charge in [0, 0.05) is 11.1 Å². The van der Waals surface area contributed by atoms with Gasteiger partial charge in [-0.05, 0) is 49.1 Å². The summed E-state index contributed by atoms with van der Waals surface area (Å²) >= 11 is 6.13. The van der Waals surface area contributed by atoms with Crippen LogP contribution < -0.4 is 5.32 Å². The number of halogens is 1. The first-order valence-electron chi connectivity index (χ1n) is 7.24. The van der Waals surface area contributed by atoms with Crippen molar-refractivity contribution in [2.75, 3.05) is 6.54 Å². The third-order valence-electron chi connectivity index (χ3n) is 3.51. The van der Waals surface area contributed by atoms with Crippen LogP contribution in [-0.4, -0.2) is 6.54 Å². The molecule has 0 fully saturated rings. The van der Waals surface area contributed by atoms with E-state index in [4.69, 9.17) is 11.6 Å². The predicted molar refractivity (Wildman–Crippen MR) is 87.4 cm³/mol. The molecule has 0 heterocycles. The van der Waals surface area contributed by atoms with Crippen LogP contribution in [0, 0.1) is 6.92 Å². The Balaban J connectivity index is 2.20. The minimum absolute atomic E-state index is 0.341. The highest BCUT2D eigenvalue weighted by molar-refractivity contribution is 6.31. The molecule has 0 aromatic heterocycles. The van der Waals surface area contributed by atoms with E-state index in [0.29, 0.717) is 6.04 Å². The first-order valence-corrected chi connectivity index (χ1v) is 7.62. The van der Waals surface area contributed by atoms with Gasteiger partial charge in [0.2, 0.25) is 0 Å². The number of rotatable bonds is 6. The minimum atomic E-state index is 0.341. The largest absolute Gasteiger partial charge is 0.310 e. The van der Waals surface area contributed by atoms with Gasteiger partial charge in [0.05, 0.1) is 0 Å². The summed E-state index contributed by atoms with van der Waals surface area (Å²) < 4.78 is 0. The van der Waals surface area contributed by atoms with Crippen molar-refractivity contribution in [1.82, 2.24) is 5.32 Å². The zero-order valence-electron chi connectivity index (χ0n) is 12.2. The second kappa shape index (κ2) is 7.47. The van der Waals surface area contributed by atoms with Crippen molar-refractivity contribution in [3.63, 3.8) is 0 Å². The maximum atomic E-state index is 6.13. The number of benzene rings is 2. The molecule has 0 radical (unpaired) electrons. The zero-order valence-corrected chi connectivity index (χ0v) is 13.0. The lowest BCUT2D eigenvalue weighted by Gasteiger charge is -2.20.